The van der Waals surface area contributed by atoms with Crippen molar-refractivity contribution < 1.29 is 69.7 Å². The predicted molar refractivity (Wildman–Crippen MR) is 145 cm³/mol. The van der Waals surface area contributed by atoms with E-state index in [0.717, 1.165) is 0 Å². The van der Waals surface area contributed by atoms with E-state index in [2.05, 4.69) is 10.6 Å². The Bertz CT molecular complexity index is 860. The van der Waals surface area contributed by atoms with Crippen molar-refractivity contribution in [3.8, 4) is 0 Å². The summed E-state index contributed by atoms with van der Waals surface area (Å²) in [5, 5.41) is 98.0. The number of hydrogen-bond acceptors (Lipinski definition) is 16. The summed E-state index contributed by atoms with van der Waals surface area (Å²) >= 11 is 0. The van der Waals surface area contributed by atoms with E-state index < -0.39 is 117 Å². The van der Waals surface area contributed by atoms with Crippen LogP contribution in [0.15, 0.2) is 0 Å². The van der Waals surface area contributed by atoms with Gasteiger partial charge in [0, 0.05) is 32.7 Å². The lowest BCUT2D eigenvalue weighted by Crippen LogP contribution is -2.71. The lowest BCUT2D eigenvalue weighted by molar-refractivity contribution is -0.338. The lowest BCUT2D eigenvalue weighted by atomic mass is 9.89. The summed E-state index contributed by atoms with van der Waals surface area (Å²) in [7, 11) is 0. The molecule has 0 spiro atoms. The molecule has 3 aliphatic heterocycles. The Hall–Kier alpha value is -1.13. The maximum absolute atomic E-state index is 12.3. The molecule has 0 unspecified atom stereocenters. The molecule has 0 aromatic rings. The maximum atomic E-state index is 12.3. The van der Waals surface area contributed by atoms with Crippen LogP contribution in [0.4, 0.5) is 0 Å². The van der Waals surface area contributed by atoms with Gasteiger partial charge in [-0.15, -0.1) is 0 Å². The predicted octanol–water partition coefficient (Wildman–Crippen LogP) is -6.07. The Balaban J connectivity index is 1.89. The SMILES string of the molecule is CCCO[C@@H]1O[C@H](CO)[C@@H](O[C@@H]2O[C@H](CO)[C@H](O)[C@H](O)[C@H]2O)[C@H](NCCN2[C@H](CO)[C@@H](O)[C@H](O)[C@H](O)[C@@H]2C)[C@H]1NC(C)=O. The van der Waals surface area contributed by atoms with E-state index in [-0.39, 0.29) is 19.7 Å². The van der Waals surface area contributed by atoms with Crippen molar-refractivity contribution in [3.63, 3.8) is 0 Å². The molecule has 0 aromatic heterocycles. The van der Waals surface area contributed by atoms with Crippen LogP contribution >= 0.6 is 0 Å². The number of rotatable bonds is 13. The summed E-state index contributed by atoms with van der Waals surface area (Å²) in [6.07, 6.45) is -14.8. The molecule has 3 fully saturated rings. The van der Waals surface area contributed by atoms with Crippen LogP contribution in [-0.4, -0.2) is 188 Å². The van der Waals surface area contributed by atoms with Crippen molar-refractivity contribution in [3.05, 3.63) is 0 Å². The van der Waals surface area contributed by atoms with Gasteiger partial charge < -0.3 is 75.5 Å². The fraction of sp³-hybridized carbons (Fsp3) is 0.962. The van der Waals surface area contributed by atoms with Crippen LogP contribution in [-0.2, 0) is 23.7 Å². The number of nitrogens with zero attached hydrogens (tertiary/aromatic N) is 1. The van der Waals surface area contributed by atoms with Gasteiger partial charge in [0.05, 0.1) is 44.1 Å². The molecule has 43 heavy (non-hydrogen) atoms. The van der Waals surface area contributed by atoms with E-state index in [9.17, 15) is 50.8 Å². The quantitative estimate of drug-likeness (QED) is 0.0907. The van der Waals surface area contributed by atoms with Gasteiger partial charge in [0.15, 0.2) is 12.6 Å². The van der Waals surface area contributed by atoms with Crippen LogP contribution in [0.1, 0.15) is 27.2 Å². The highest BCUT2D eigenvalue weighted by Crippen LogP contribution is 2.30. The molecule has 3 aliphatic rings. The van der Waals surface area contributed by atoms with Gasteiger partial charge in [-0.25, -0.2) is 0 Å². The fourth-order valence-corrected chi connectivity index (χ4v) is 5.96. The number of likely N-dealkylation sites (tertiary alicyclic amines) is 1. The van der Waals surface area contributed by atoms with Crippen LogP contribution in [0.2, 0.25) is 0 Å². The third-order valence-corrected chi connectivity index (χ3v) is 8.36. The summed E-state index contributed by atoms with van der Waals surface area (Å²) < 4.78 is 23.4. The first-order chi connectivity index (χ1) is 20.4. The third-order valence-electron chi connectivity index (χ3n) is 8.36. The molecule has 17 heteroatoms. The van der Waals surface area contributed by atoms with Crippen LogP contribution in [0.3, 0.4) is 0 Å². The van der Waals surface area contributed by atoms with Gasteiger partial charge in [-0.2, -0.15) is 0 Å². The number of aliphatic hydroxyl groups is 9. The van der Waals surface area contributed by atoms with Gasteiger partial charge in [0.2, 0.25) is 5.91 Å². The van der Waals surface area contributed by atoms with Crippen molar-refractivity contribution in [2.45, 2.75) is 119 Å². The molecule has 1 amide bonds. The Morgan fingerprint density at radius 1 is 0.814 bits per heavy atom. The average Bonchev–Trinajstić information content (AvgIpc) is 2.99. The van der Waals surface area contributed by atoms with Crippen LogP contribution in [0, 0.1) is 0 Å². The van der Waals surface area contributed by atoms with E-state index in [1.807, 2.05) is 6.92 Å². The fourth-order valence-electron chi connectivity index (χ4n) is 5.96. The summed E-state index contributed by atoms with van der Waals surface area (Å²) in [5.74, 6) is -0.440. The Labute approximate surface area is 249 Å². The van der Waals surface area contributed by atoms with E-state index in [1.54, 1.807) is 11.8 Å². The zero-order valence-corrected chi connectivity index (χ0v) is 24.6. The molecule has 0 radical (unpaired) electrons. The summed E-state index contributed by atoms with van der Waals surface area (Å²) in [5.41, 5.74) is 0. The zero-order valence-electron chi connectivity index (χ0n) is 24.6. The lowest BCUT2D eigenvalue weighted by Gasteiger charge is -2.50. The van der Waals surface area contributed by atoms with Gasteiger partial charge in [-0.3, -0.25) is 9.69 Å². The molecule has 3 saturated heterocycles. The van der Waals surface area contributed by atoms with Crippen molar-refractivity contribution in [1.82, 2.24) is 15.5 Å². The van der Waals surface area contributed by atoms with Crippen LogP contribution < -0.4 is 10.6 Å². The number of ether oxygens (including phenoxy) is 4. The first-order valence-electron chi connectivity index (χ1n) is 14.7. The molecular formula is C26H49N3O14. The normalized spacial score (nSPS) is 44.3. The highest BCUT2D eigenvalue weighted by atomic mass is 16.7. The minimum absolute atomic E-state index is 0.102. The average molecular weight is 628 g/mol. The molecule has 0 bridgehead atoms. The van der Waals surface area contributed by atoms with Gasteiger partial charge in [-0.05, 0) is 13.3 Å². The minimum atomic E-state index is -1.75. The third kappa shape index (κ3) is 8.18. The Morgan fingerprint density at radius 2 is 1.44 bits per heavy atom. The molecular weight excluding hydrogens is 578 g/mol. The molecule has 0 saturated carbocycles. The Kier molecular flexibility index (Phi) is 13.9. The van der Waals surface area contributed by atoms with Crippen LogP contribution in [0.5, 0.6) is 0 Å². The largest absolute Gasteiger partial charge is 0.395 e. The van der Waals surface area contributed by atoms with Crippen molar-refractivity contribution in [2.75, 3.05) is 39.5 Å². The van der Waals surface area contributed by atoms with Gasteiger partial charge in [0.25, 0.3) is 0 Å². The van der Waals surface area contributed by atoms with Crippen molar-refractivity contribution in [1.29, 1.82) is 0 Å². The first-order valence-corrected chi connectivity index (χ1v) is 14.7. The number of aliphatic hydroxyl groups excluding tert-OH is 9. The van der Waals surface area contributed by atoms with E-state index >= 15 is 0 Å². The number of nitrogens with one attached hydrogen (secondary N) is 2. The molecule has 3 rings (SSSR count). The standard InChI is InChI=1S/C26H49N3O14/c1-4-7-40-25-17(28-12(3)33)16(27-5-6-29-11(2)18(34)21(37)19(35)13(29)8-30)24(15(10-32)42-25)43-26-23(39)22(38)20(36)14(9-31)41-26/h11,13-27,30-32,34-39H,4-10H2,1-3H3,(H,28,33)/t11-,13+,14+,15+,16+,17+,18+,19+,20-,21+,22-,23+,24+,25+,26-/m0/s1. The van der Waals surface area contributed by atoms with Gasteiger partial charge >= 0.3 is 0 Å². The van der Waals surface area contributed by atoms with Crippen molar-refractivity contribution in [2.24, 2.45) is 0 Å². The van der Waals surface area contributed by atoms with Crippen LogP contribution in [0.25, 0.3) is 0 Å². The van der Waals surface area contributed by atoms with E-state index in [0.29, 0.717) is 6.42 Å². The van der Waals surface area contributed by atoms with Gasteiger partial charge in [0.1, 0.15) is 48.8 Å². The van der Waals surface area contributed by atoms with E-state index in [4.69, 9.17) is 18.9 Å². The molecule has 252 valence electrons. The minimum Gasteiger partial charge on any atom is -0.395 e. The van der Waals surface area contributed by atoms with Crippen molar-refractivity contribution >= 4 is 5.91 Å². The second-order valence-electron chi connectivity index (χ2n) is 11.3. The summed E-state index contributed by atoms with van der Waals surface area (Å²) in [6, 6.07) is -3.36. The second kappa shape index (κ2) is 16.4. The zero-order chi connectivity index (χ0) is 32.0. The highest BCUT2D eigenvalue weighted by Gasteiger charge is 2.52. The number of carbonyl (C=O) groups is 1. The molecule has 11 N–H and O–H groups in total. The smallest absolute Gasteiger partial charge is 0.217 e. The molecule has 15 atom stereocenters. The summed E-state index contributed by atoms with van der Waals surface area (Å²) in [4.78, 5) is 13.9. The first kappa shape index (κ1) is 36.3. The highest BCUT2D eigenvalue weighted by molar-refractivity contribution is 5.73. The number of piperidine rings is 1. The topological polar surface area (TPSA) is 263 Å². The molecule has 0 aromatic carbocycles. The molecule has 0 aliphatic carbocycles. The number of hydrogen-bond donors (Lipinski definition) is 11. The molecule has 3 heterocycles. The molecule has 17 nitrogen and oxygen atoms in total. The van der Waals surface area contributed by atoms with E-state index in [1.165, 1.54) is 6.92 Å². The number of carbonyl (C=O) groups excluding carboxylic acids is 1. The summed E-state index contributed by atoms with van der Waals surface area (Å²) in [6.45, 7) is 3.51. The monoisotopic (exact) mass is 627 g/mol. The van der Waals surface area contributed by atoms with Gasteiger partial charge in [-0.1, -0.05) is 6.92 Å². The number of amides is 1. The second-order valence-corrected chi connectivity index (χ2v) is 11.3. The maximum Gasteiger partial charge on any atom is 0.217 e. The Morgan fingerprint density at radius 3 is 2.02 bits per heavy atom.